The van der Waals surface area contributed by atoms with E-state index in [1.54, 1.807) is 12.1 Å². The van der Waals surface area contributed by atoms with Crippen molar-refractivity contribution in [2.75, 3.05) is 0 Å². The Labute approximate surface area is 159 Å². The number of phenolic OH excluding ortho intramolecular Hbond substituents is 1. The maximum Gasteiger partial charge on any atom is 0.115 e. The molecule has 130 valence electrons. The van der Waals surface area contributed by atoms with E-state index in [1.807, 2.05) is 12.1 Å². The Kier molecular flexibility index (Phi) is 3.61. The van der Waals surface area contributed by atoms with Crippen molar-refractivity contribution >= 4 is 0 Å². The lowest BCUT2D eigenvalue weighted by molar-refractivity contribution is 0.475. The van der Waals surface area contributed by atoms with Crippen LogP contribution in [-0.4, -0.2) is 5.11 Å². The van der Waals surface area contributed by atoms with E-state index < -0.39 is 0 Å². The van der Waals surface area contributed by atoms with Crippen LogP contribution in [0.25, 0.3) is 33.4 Å². The fourth-order valence-corrected chi connectivity index (χ4v) is 4.31. The molecule has 1 nitrogen and oxygen atoms in total. The van der Waals surface area contributed by atoms with Crippen LogP contribution in [-0.2, 0) is 6.42 Å². The molecule has 0 fully saturated rings. The van der Waals surface area contributed by atoms with E-state index in [1.165, 1.54) is 44.5 Å². The molecule has 0 bridgehead atoms. The molecule has 4 aromatic rings. The largest absolute Gasteiger partial charge is 0.508 e. The SMILES string of the molecule is Cc1cccc(-c2cccc3c2Cc2ccccc2-3)c1-c1ccc(O)cc1. The average molecular weight is 348 g/mol. The zero-order valence-electron chi connectivity index (χ0n) is 15.2. The summed E-state index contributed by atoms with van der Waals surface area (Å²) < 4.78 is 0. The predicted molar refractivity (Wildman–Crippen MR) is 112 cm³/mol. The first-order chi connectivity index (χ1) is 13.2. The normalized spacial score (nSPS) is 11.9. The summed E-state index contributed by atoms with van der Waals surface area (Å²) in [6, 6.07) is 29.4. The van der Waals surface area contributed by atoms with E-state index in [0.29, 0.717) is 5.75 Å². The highest BCUT2D eigenvalue weighted by Crippen LogP contribution is 2.44. The van der Waals surface area contributed by atoms with Gasteiger partial charge in [0.05, 0.1) is 0 Å². The molecular weight excluding hydrogens is 328 g/mol. The standard InChI is InChI=1S/C26H20O/c1-17-6-4-11-24(26(17)18-12-14-20(27)15-13-18)23-10-5-9-22-21-8-3-2-7-19(21)16-25(22)23/h2-15,27H,16H2,1H3. The molecule has 1 aliphatic rings. The summed E-state index contributed by atoms with van der Waals surface area (Å²) in [4.78, 5) is 0. The van der Waals surface area contributed by atoms with Gasteiger partial charge in [-0.05, 0) is 75.5 Å². The van der Waals surface area contributed by atoms with Crippen molar-refractivity contribution < 1.29 is 5.11 Å². The summed E-state index contributed by atoms with van der Waals surface area (Å²) in [5, 5.41) is 9.69. The van der Waals surface area contributed by atoms with Crippen molar-refractivity contribution in [2.24, 2.45) is 0 Å². The lowest BCUT2D eigenvalue weighted by Gasteiger charge is -2.16. The molecule has 4 aromatic carbocycles. The molecule has 0 heterocycles. The molecule has 1 aliphatic carbocycles. The van der Waals surface area contributed by atoms with Crippen LogP contribution in [0.2, 0.25) is 0 Å². The third-order valence-electron chi connectivity index (χ3n) is 5.57. The highest BCUT2D eigenvalue weighted by atomic mass is 16.3. The summed E-state index contributed by atoms with van der Waals surface area (Å²) in [6.45, 7) is 2.16. The third kappa shape index (κ3) is 2.55. The van der Waals surface area contributed by atoms with Crippen LogP contribution in [0.1, 0.15) is 16.7 Å². The quantitative estimate of drug-likeness (QED) is 0.381. The molecule has 0 aromatic heterocycles. The van der Waals surface area contributed by atoms with Gasteiger partial charge in [-0.3, -0.25) is 0 Å². The molecule has 0 spiro atoms. The Hall–Kier alpha value is -3.32. The van der Waals surface area contributed by atoms with Crippen LogP contribution in [0.4, 0.5) is 0 Å². The molecular formula is C26H20O. The number of phenols is 1. The number of fused-ring (bicyclic) bond motifs is 3. The fraction of sp³-hybridized carbons (Fsp3) is 0.0769. The molecule has 0 amide bonds. The highest BCUT2D eigenvalue weighted by molar-refractivity contribution is 5.91. The van der Waals surface area contributed by atoms with Crippen molar-refractivity contribution in [1.82, 2.24) is 0 Å². The Morgan fingerprint density at radius 2 is 1.26 bits per heavy atom. The van der Waals surface area contributed by atoms with Crippen molar-refractivity contribution in [3.63, 3.8) is 0 Å². The van der Waals surface area contributed by atoms with E-state index in [4.69, 9.17) is 0 Å². The average Bonchev–Trinajstić information content (AvgIpc) is 3.07. The summed E-state index contributed by atoms with van der Waals surface area (Å²) in [7, 11) is 0. The smallest absolute Gasteiger partial charge is 0.115 e. The molecule has 1 heteroatoms. The molecule has 0 unspecified atom stereocenters. The van der Waals surface area contributed by atoms with Gasteiger partial charge < -0.3 is 5.11 Å². The molecule has 5 rings (SSSR count). The molecule has 0 atom stereocenters. The number of rotatable bonds is 2. The Morgan fingerprint density at radius 1 is 0.630 bits per heavy atom. The number of aryl methyl sites for hydroxylation is 1. The van der Waals surface area contributed by atoms with Crippen LogP contribution < -0.4 is 0 Å². The molecule has 27 heavy (non-hydrogen) atoms. The zero-order chi connectivity index (χ0) is 18.4. The Balaban J connectivity index is 1.74. The third-order valence-corrected chi connectivity index (χ3v) is 5.57. The first-order valence-electron chi connectivity index (χ1n) is 9.32. The van der Waals surface area contributed by atoms with E-state index in [-0.39, 0.29) is 0 Å². The number of hydrogen-bond donors (Lipinski definition) is 1. The van der Waals surface area contributed by atoms with E-state index in [0.717, 1.165) is 12.0 Å². The maximum atomic E-state index is 9.69. The van der Waals surface area contributed by atoms with Crippen LogP contribution in [0.5, 0.6) is 5.75 Å². The number of aromatic hydroxyl groups is 1. The van der Waals surface area contributed by atoms with Gasteiger partial charge in [-0.2, -0.15) is 0 Å². The van der Waals surface area contributed by atoms with Crippen molar-refractivity contribution in [1.29, 1.82) is 0 Å². The van der Waals surface area contributed by atoms with Crippen molar-refractivity contribution in [2.45, 2.75) is 13.3 Å². The minimum atomic E-state index is 0.296. The first kappa shape index (κ1) is 15.9. The van der Waals surface area contributed by atoms with Gasteiger partial charge in [-0.15, -0.1) is 0 Å². The second-order valence-corrected chi connectivity index (χ2v) is 7.21. The van der Waals surface area contributed by atoms with E-state index in [2.05, 4.69) is 67.6 Å². The van der Waals surface area contributed by atoms with Crippen LogP contribution >= 0.6 is 0 Å². The topological polar surface area (TPSA) is 20.2 Å². The van der Waals surface area contributed by atoms with Gasteiger partial charge >= 0.3 is 0 Å². The number of hydrogen-bond acceptors (Lipinski definition) is 1. The van der Waals surface area contributed by atoms with Gasteiger partial charge in [-0.1, -0.05) is 72.8 Å². The van der Waals surface area contributed by atoms with Gasteiger partial charge in [0.1, 0.15) is 5.75 Å². The van der Waals surface area contributed by atoms with Crippen LogP contribution in [0, 0.1) is 6.92 Å². The van der Waals surface area contributed by atoms with Gasteiger partial charge in [0.25, 0.3) is 0 Å². The maximum absolute atomic E-state index is 9.69. The lowest BCUT2D eigenvalue weighted by Crippen LogP contribution is -1.93. The number of benzene rings is 4. The van der Waals surface area contributed by atoms with Gasteiger partial charge in [0, 0.05) is 0 Å². The van der Waals surface area contributed by atoms with Gasteiger partial charge in [0.2, 0.25) is 0 Å². The highest BCUT2D eigenvalue weighted by Gasteiger charge is 2.22. The zero-order valence-corrected chi connectivity index (χ0v) is 15.2. The van der Waals surface area contributed by atoms with Crippen LogP contribution in [0.3, 0.4) is 0 Å². The Bertz CT molecular complexity index is 1150. The Morgan fingerprint density at radius 3 is 2.07 bits per heavy atom. The van der Waals surface area contributed by atoms with Crippen molar-refractivity contribution in [3.05, 3.63) is 102 Å². The van der Waals surface area contributed by atoms with E-state index >= 15 is 0 Å². The summed E-state index contributed by atoms with van der Waals surface area (Å²) in [6.07, 6.45) is 0.977. The fourth-order valence-electron chi connectivity index (χ4n) is 4.31. The summed E-state index contributed by atoms with van der Waals surface area (Å²) in [5.41, 5.74) is 11.7. The monoisotopic (exact) mass is 348 g/mol. The lowest BCUT2D eigenvalue weighted by atomic mass is 9.87. The second kappa shape index (κ2) is 6.14. The van der Waals surface area contributed by atoms with Crippen molar-refractivity contribution in [3.8, 4) is 39.1 Å². The molecule has 0 saturated carbocycles. The summed E-state index contributed by atoms with van der Waals surface area (Å²) in [5.74, 6) is 0.296. The molecule has 0 saturated heterocycles. The molecule has 1 N–H and O–H groups in total. The minimum Gasteiger partial charge on any atom is -0.508 e. The molecule has 0 aliphatic heterocycles. The second-order valence-electron chi connectivity index (χ2n) is 7.21. The molecule has 0 radical (unpaired) electrons. The van der Waals surface area contributed by atoms with Gasteiger partial charge in [0.15, 0.2) is 0 Å². The minimum absolute atomic E-state index is 0.296. The van der Waals surface area contributed by atoms with Crippen LogP contribution in [0.15, 0.2) is 84.9 Å². The first-order valence-corrected chi connectivity index (χ1v) is 9.32. The van der Waals surface area contributed by atoms with Gasteiger partial charge in [-0.25, -0.2) is 0 Å². The van der Waals surface area contributed by atoms with E-state index in [9.17, 15) is 5.11 Å². The summed E-state index contributed by atoms with van der Waals surface area (Å²) >= 11 is 0. The predicted octanol–water partition coefficient (Wildman–Crippen LogP) is 6.61.